The molecule has 1 N–H and O–H groups in total. The van der Waals surface area contributed by atoms with Gasteiger partial charge in [-0.3, -0.25) is 19.0 Å². The summed E-state index contributed by atoms with van der Waals surface area (Å²) in [7, 11) is 0. The van der Waals surface area contributed by atoms with Gasteiger partial charge in [-0.1, -0.05) is 30.9 Å². The molecule has 2 saturated heterocycles. The van der Waals surface area contributed by atoms with Gasteiger partial charge in [-0.05, 0) is 50.2 Å². The van der Waals surface area contributed by atoms with Gasteiger partial charge in [0.05, 0.1) is 34.7 Å². The zero-order valence-electron chi connectivity index (χ0n) is 22.1. The standard InChI is InChI=1S/C29H30ClN5O4S/c30-19-10-20(28(38)35-24(19)21(36)11-29(35)6-2-1-3-7-29)33-25-23-18-5-4-15(8-22(18)40-26(23)32-14-31-25)27(37)34-12-17-9-16(34)13-39-17/h10,14-17H,1-9,11-13H2,(H,31,32,33)/t15-,16+,17+/m0/s1. The maximum Gasteiger partial charge on any atom is 0.275 e. The van der Waals surface area contributed by atoms with E-state index < -0.39 is 5.54 Å². The van der Waals surface area contributed by atoms with E-state index in [1.54, 1.807) is 22.0 Å². The van der Waals surface area contributed by atoms with Crippen molar-refractivity contribution in [2.75, 3.05) is 18.5 Å². The molecular weight excluding hydrogens is 550 g/mol. The molecule has 40 heavy (non-hydrogen) atoms. The fourth-order valence-electron chi connectivity index (χ4n) is 7.90. The summed E-state index contributed by atoms with van der Waals surface area (Å²) >= 11 is 8.26. The molecule has 3 fully saturated rings. The van der Waals surface area contributed by atoms with Crippen LogP contribution in [-0.4, -0.2) is 56.4 Å². The van der Waals surface area contributed by atoms with Gasteiger partial charge >= 0.3 is 0 Å². The first-order valence-corrected chi connectivity index (χ1v) is 15.5. The van der Waals surface area contributed by atoms with Crippen molar-refractivity contribution in [2.24, 2.45) is 5.92 Å². The molecule has 3 aliphatic heterocycles. The third-order valence-corrected chi connectivity index (χ3v) is 11.2. The topological polar surface area (TPSA) is 106 Å². The average molecular weight is 580 g/mol. The van der Waals surface area contributed by atoms with E-state index in [4.69, 9.17) is 16.3 Å². The fourth-order valence-corrected chi connectivity index (χ4v) is 9.47. The quantitative estimate of drug-likeness (QED) is 0.483. The monoisotopic (exact) mass is 579 g/mol. The molecule has 3 aromatic rings. The smallest absolute Gasteiger partial charge is 0.275 e. The number of pyridine rings is 1. The number of nitrogens with zero attached hydrogens (tertiary/aromatic N) is 4. The Morgan fingerprint density at radius 1 is 1.20 bits per heavy atom. The number of rotatable bonds is 3. The number of hydrogen-bond acceptors (Lipinski definition) is 8. The number of aromatic nitrogens is 3. The fraction of sp³-hybridized carbons (Fsp3) is 0.552. The number of carbonyl (C=O) groups excluding carboxylic acids is 2. The lowest BCUT2D eigenvalue weighted by atomic mass is 9.80. The molecule has 2 bridgehead atoms. The lowest BCUT2D eigenvalue weighted by Gasteiger charge is -2.35. The van der Waals surface area contributed by atoms with Crippen molar-refractivity contribution in [3.8, 4) is 0 Å². The van der Waals surface area contributed by atoms with Gasteiger partial charge in [0.1, 0.15) is 28.4 Å². The van der Waals surface area contributed by atoms with Gasteiger partial charge in [-0.15, -0.1) is 11.3 Å². The first-order valence-electron chi connectivity index (χ1n) is 14.4. The number of amides is 1. The number of thiophene rings is 1. The zero-order valence-corrected chi connectivity index (χ0v) is 23.7. The third-order valence-electron chi connectivity index (χ3n) is 9.80. The number of anilines is 2. The molecule has 0 radical (unpaired) electrons. The molecule has 1 spiro atoms. The van der Waals surface area contributed by atoms with Crippen molar-refractivity contribution in [1.82, 2.24) is 19.4 Å². The molecule has 3 aromatic heterocycles. The molecule has 2 aliphatic carbocycles. The van der Waals surface area contributed by atoms with Crippen LogP contribution in [0.3, 0.4) is 0 Å². The first-order chi connectivity index (χ1) is 19.4. The van der Waals surface area contributed by atoms with Crippen LogP contribution in [-0.2, 0) is 27.9 Å². The van der Waals surface area contributed by atoms with E-state index in [1.165, 1.54) is 11.2 Å². The van der Waals surface area contributed by atoms with Gasteiger partial charge in [0.25, 0.3) is 5.56 Å². The number of fused-ring (bicyclic) bond motifs is 7. The summed E-state index contributed by atoms with van der Waals surface area (Å²) in [5.74, 6) is 0.728. The Bertz CT molecular complexity index is 1640. The number of likely N-dealkylation sites (tertiary alicyclic amines) is 1. The maximum absolute atomic E-state index is 13.9. The summed E-state index contributed by atoms with van der Waals surface area (Å²) in [4.78, 5) is 53.4. The number of ketones is 1. The Labute approximate surface area is 239 Å². The number of carbonyl (C=O) groups is 2. The number of morpholine rings is 1. The van der Waals surface area contributed by atoms with Crippen LogP contribution in [0.2, 0.25) is 5.02 Å². The van der Waals surface area contributed by atoms with Crippen molar-refractivity contribution in [3.05, 3.63) is 43.9 Å². The highest BCUT2D eigenvalue weighted by Gasteiger charge is 2.46. The molecule has 0 aromatic carbocycles. The second kappa shape index (κ2) is 9.09. The van der Waals surface area contributed by atoms with Crippen molar-refractivity contribution in [3.63, 3.8) is 0 Å². The molecule has 9 nitrogen and oxygen atoms in total. The zero-order chi connectivity index (χ0) is 27.2. The highest BCUT2D eigenvalue weighted by molar-refractivity contribution is 7.19. The van der Waals surface area contributed by atoms with E-state index in [1.807, 2.05) is 4.90 Å². The number of ether oxygens (including phenoxy) is 1. The summed E-state index contributed by atoms with van der Waals surface area (Å²) in [6.07, 6.45) is 9.98. The Kier molecular flexibility index (Phi) is 5.67. The van der Waals surface area contributed by atoms with Crippen molar-refractivity contribution in [2.45, 2.75) is 81.9 Å². The lowest BCUT2D eigenvalue weighted by molar-refractivity contribution is -0.140. The average Bonchev–Trinajstić information content (AvgIpc) is 3.73. The van der Waals surface area contributed by atoms with Crippen LogP contribution < -0.4 is 10.9 Å². The summed E-state index contributed by atoms with van der Waals surface area (Å²) in [6, 6.07) is 1.80. The van der Waals surface area contributed by atoms with Crippen LogP contribution in [0.1, 0.15) is 72.3 Å². The highest BCUT2D eigenvalue weighted by atomic mass is 35.5. The maximum atomic E-state index is 13.9. The van der Waals surface area contributed by atoms with Crippen LogP contribution in [0, 0.1) is 5.92 Å². The van der Waals surface area contributed by atoms with Crippen molar-refractivity contribution in [1.29, 1.82) is 0 Å². The van der Waals surface area contributed by atoms with Gasteiger partial charge in [-0.25, -0.2) is 9.97 Å². The Morgan fingerprint density at radius 2 is 2.05 bits per heavy atom. The Hall–Kier alpha value is -2.82. The van der Waals surface area contributed by atoms with Crippen LogP contribution in [0.25, 0.3) is 10.2 Å². The summed E-state index contributed by atoms with van der Waals surface area (Å²) < 4.78 is 7.38. The number of hydrogen-bond donors (Lipinski definition) is 1. The minimum absolute atomic E-state index is 0.0336. The van der Waals surface area contributed by atoms with Crippen LogP contribution in [0.5, 0.6) is 0 Å². The van der Waals surface area contributed by atoms with Crippen LogP contribution >= 0.6 is 22.9 Å². The molecule has 6 heterocycles. The van der Waals surface area contributed by atoms with Gasteiger partial charge in [0.2, 0.25) is 5.91 Å². The molecule has 11 heteroatoms. The Balaban J connectivity index is 1.13. The van der Waals surface area contributed by atoms with Gasteiger partial charge in [-0.2, -0.15) is 0 Å². The molecule has 1 saturated carbocycles. The summed E-state index contributed by atoms with van der Waals surface area (Å²) in [5, 5.41) is 4.50. The largest absolute Gasteiger partial charge is 0.374 e. The molecular formula is C29H30ClN5O4S. The van der Waals surface area contributed by atoms with E-state index in [-0.39, 0.29) is 35.3 Å². The first kappa shape index (κ1) is 24.9. The summed E-state index contributed by atoms with van der Waals surface area (Å²) in [6.45, 7) is 1.37. The number of nitrogens with one attached hydrogen (secondary N) is 1. The predicted molar refractivity (Wildman–Crippen MR) is 152 cm³/mol. The lowest BCUT2D eigenvalue weighted by Crippen LogP contribution is -2.45. The number of aryl methyl sites for hydroxylation is 1. The van der Waals surface area contributed by atoms with Gasteiger partial charge in [0, 0.05) is 23.8 Å². The summed E-state index contributed by atoms with van der Waals surface area (Å²) in [5.41, 5.74) is 1.12. The van der Waals surface area contributed by atoms with E-state index in [9.17, 15) is 14.4 Å². The van der Waals surface area contributed by atoms with Crippen molar-refractivity contribution < 1.29 is 14.3 Å². The molecule has 5 aliphatic rings. The second-order valence-electron chi connectivity index (χ2n) is 12.1. The minimum atomic E-state index is -0.478. The number of halogens is 1. The normalized spacial score (nSPS) is 26.5. The van der Waals surface area contributed by atoms with Crippen molar-refractivity contribution >= 4 is 56.4 Å². The molecule has 208 valence electrons. The molecule has 3 atom stereocenters. The van der Waals surface area contributed by atoms with E-state index >= 15 is 0 Å². The van der Waals surface area contributed by atoms with E-state index in [0.29, 0.717) is 48.2 Å². The number of Topliss-reactive ketones (excluding diaryl/α,β-unsaturated/α-hetero) is 1. The molecule has 1 amide bonds. The minimum Gasteiger partial charge on any atom is -0.374 e. The Morgan fingerprint density at radius 3 is 2.83 bits per heavy atom. The van der Waals surface area contributed by atoms with Crippen LogP contribution in [0.4, 0.5) is 11.5 Å². The molecule has 0 unspecified atom stereocenters. The third kappa shape index (κ3) is 3.65. The highest BCUT2D eigenvalue weighted by Crippen LogP contribution is 2.45. The molecule has 8 rings (SSSR count). The van der Waals surface area contributed by atoms with Gasteiger partial charge in [0.15, 0.2) is 5.78 Å². The van der Waals surface area contributed by atoms with Gasteiger partial charge < -0.3 is 15.0 Å². The van der Waals surface area contributed by atoms with E-state index in [0.717, 1.165) is 67.1 Å². The van der Waals surface area contributed by atoms with Crippen LogP contribution in [0.15, 0.2) is 17.2 Å². The predicted octanol–water partition coefficient (Wildman–Crippen LogP) is 4.60. The SMILES string of the molecule is O=C1CC2(CCCCC2)n2c1c(Cl)cc(Nc1ncnc3sc4c(c13)CC[C@H](C(=O)N1C[C@H]3C[C@@H]1CO3)C4)c2=O. The van der Waals surface area contributed by atoms with E-state index in [2.05, 4.69) is 15.3 Å². The second-order valence-corrected chi connectivity index (χ2v) is 13.6.